The lowest BCUT2D eigenvalue weighted by atomic mass is 10.1. The molecular weight excluding hydrogens is 362 g/mol. The molecule has 27 heavy (non-hydrogen) atoms. The van der Waals surface area contributed by atoms with Gasteiger partial charge in [0.05, 0.1) is 19.8 Å². The Kier molecular flexibility index (Phi) is 8.65. The average molecular weight is 396 g/mol. The van der Waals surface area contributed by atoms with Gasteiger partial charge in [-0.25, -0.2) is 4.79 Å². The molecule has 1 rings (SSSR count). The van der Waals surface area contributed by atoms with Gasteiger partial charge < -0.3 is 19.2 Å². The van der Waals surface area contributed by atoms with Crippen LogP contribution in [0.15, 0.2) is 24.3 Å². The zero-order valence-corrected chi connectivity index (χ0v) is 18.5. The fraction of sp³-hybridized carbons (Fsp3) is 0.600. The highest BCUT2D eigenvalue weighted by Crippen LogP contribution is 2.36. The maximum Gasteiger partial charge on any atom is 0.337 e. The van der Waals surface area contributed by atoms with Gasteiger partial charge in [-0.2, -0.15) is 0 Å². The molecule has 1 aromatic carbocycles. The van der Waals surface area contributed by atoms with E-state index in [1.807, 2.05) is 12.1 Å². The van der Waals surface area contributed by atoms with Crippen molar-refractivity contribution in [2.45, 2.75) is 57.9 Å². The molecule has 0 radical (unpaired) electrons. The minimum atomic E-state index is -1.85. The summed E-state index contributed by atoms with van der Waals surface area (Å²) in [5, 5.41) is 3.35. The van der Waals surface area contributed by atoms with Crippen LogP contribution in [0.2, 0.25) is 18.1 Å². The Bertz CT molecular complexity index is 622. The second-order valence-corrected chi connectivity index (χ2v) is 12.9. The molecule has 0 amide bonds. The molecule has 0 aromatic heterocycles. The second kappa shape index (κ2) is 10.0. The van der Waals surface area contributed by atoms with E-state index >= 15 is 0 Å². The zero-order chi connectivity index (χ0) is 20.7. The van der Waals surface area contributed by atoms with Gasteiger partial charge in [0.2, 0.25) is 0 Å². The number of benzene rings is 1. The monoisotopic (exact) mass is 395 g/mol. The Morgan fingerprint density at radius 2 is 1.67 bits per heavy atom. The van der Waals surface area contributed by atoms with Crippen molar-refractivity contribution >= 4 is 20.3 Å². The lowest BCUT2D eigenvalue weighted by Gasteiger charge is -2.36. The number of carbonyl (C=O) groups is 2. The lowest BCUT2D eigenvalue weighted by molar-refractivity contribution is -0.143. The van der Waals surface area contributed by atoms with Crippen LogP contribution in [0.5, 0.6) is 0 Å². The molecule has 0 bridgehead atoms. The predicted molar refractivity (Wildman–Crippen MR) is 108 cm³/mol. The minimum absolute atomic E-state index is 0.128. The molecule has 0 spiro atoms. The van der Waals surface area contributed by atoms with Crippen molar-refractivity contribution in [2.24, 2.45) is 0 Å². The van der Waals surface area contributed by atoms with Crippen molar-refractivity contribution in [2.75, 3.05) is 20.8 Å². The molecule has 0 saturated carbocycles. The van der Waals surface area contributed by atoms with Gasteiger partial charge >= 0.3 is 11.9 Å². The SMILES string of the molecule is COC(=O)c1ccc(CN[C@H](CCO[Si](C)(C)C(C)(C)C)C(=O)OC)cc1. The van der Waals surface area contributed by atoms with E-state index in [2.05, 4.69) is 43.9 Å². The first-order chi connectivity index (χ1) is 12.5. The molecule has 0 aliphatic heterocycles. The molecular formula is C20H33NO5Si. The number of rotatable bonds is 9. The third-order valence-corrected chi connectivity index (χ3v) is 9.63. The van der Waals surface area contributed by atoms with Gasteiger partial charge in [-0.3, -0.25) is 4.79 Å². The van der Waals surface area contributed by atoms with Crippen LogP contribution in [0.4, 0.5) is 0 Å². The number of esters is 2. The largest absolute Gasteiger partial charge is 0.468 e. The lowest BCUT2D eigenvalue weighted by Crippen LogP contribution is -2.43. The van der Waals surface area contributed by atoms with Crippen LogP contribution in [0.3, 0.4) is 0 Å². The van der Waals surface area contributed by atoms with Crippen LogP contribution in [0.25, 0.3) is 0 Å². The maximum absolute atomic E-state index is 12.1. The first-order valence-corrected chi connectivity index (χ1v) is 12.0. The Hall–Kier alpha value is -1.70. The molecule has 0 saturated heterocycles. The number of carbonyl (C=O) groups excluding carboxylic acids is 2. The molecule has 1 atom stereocenters. The van der Waals surface area contributed by atoms with Gasteiger partial charge in [0.15, 0.2) is 8.32 Å². The van der Waals surface area contributed by atoms with Crippen LogP contribution in [-0.4, -0.2) is 47.1 Å². The summed E-state index contributed by atoms with van der Waals surface area (Å²) in [5.74, 6) is -0.676. The number of hydrogen-bond donors (Lipinski definition) is 1. The topological polar surface area (TPSA) is 73.9 Å². The third kappa shape index (κ3) is 7.08. The van der Waals surface area contributed by atoms with Crippen LogP contribution in [-0.2, 0) is 25.2 Å². The molecule has 0 aliphatic carbocycles. The molecule has 0 heterocycles. The van der Waals surface area contributed by atoms with E-state index in [0.29, 0.717) is 25.1 Å². The Labute approximate surface area is 163 Å². The Morgan fingerprint density at radius 3 is 2.15 bits per heavy atom. The average Bonchev–Trinajstić information content (AvgIpc) is 2.62. The smallest absolute Gasteiger partial charge is 0.337 e. The highest BCUT2D eigenvalue weighted by molar-refractivity contribution is 6.74. The van der Waals surface area contributed by atoms with Gasteiger partial charge in [-0.15, -0.1) is 0 Å². The third-order valence-electron chi connectivity index (χ3n) is 5.09. The summed E-state index contributed by atoms with van der Waals surface area (Å²) in [6.07, 6.45) is 0.541. The summed E-state index contributed by atoms with van der Waals surface area (Å²) in [6.45, 7) is 11.9. The predicted octanol–water partition coefficient (Wildman–Crippen LogP) is 3.52. The van der Waals surface area contributed by atoms with E-state index in [0.717, 1.165) is 5.56 Å². The highest BCUT2D eigenvalue weighted by Gasteiger charge is 2.37. The van der Waals surface area contributed by atoms with Crippen molar-refractivity contribution < 1.29 is 23.5 Å². The van der Waals surface area contributed by atoms with Gasteiger partial charge in [0, 0.05) is 13.2 Å². The normalized spacial score (nSPS) is 13.1. The Balaban J connectivity index is 2.63. The zero-order valence-electron chi connectivity index (χ0n) is 17.5. The quantitative estimate of drug-likeness (QED) is 0.509. The molecule has 0 unspecified atom stereocenters. The fourth-order valence-corrected chi connectivity index (χ4v) is 3.27. The van der Waals surface area contributed by atoms with Crippen molar-refractivity contribution in [1.82, 2.24) is 5.32 Å². The number of nitrogens with one attached hydrogen (secondary N) is 1. The number of methoxy groups -OCH3 is 2. The summed E-state index contributed by atoms with van der Waals surface area (Å²) >= 11 is 0. The second-order valence-electron chi connectivity index (χ2n) is 8.04. The molecule has 6 nitrogen and oxygen atoms in total. The number of hydrogen-bond acceptors (Lipinski definition) is 6. The number of ether oxygens (including phenoxy) is 2. The summed E-state index contributed by atoms with van der Waals surface area (Å²) in [4.78, 5) is 23.6. The summed E-state index contributed by atoms with van der Waals surface area (Å²) in [7, 11) is 0.890. The van der Waals surface area contributed by atoms with E-state index < -0.39 is 14.4 Å². The van der Waals surface area contributed by atoms with E-state index in [1.165, 1.54) is 14.2 Å². The molecule has 1 aromatic rings. The summed E-state index contributed by atoms with van der Waals surface area (Å²) in [5.41, 5.74) is 1.45. The van der Waals surface area contributed by atoms with Crippen molar-refractivity contribution in [3.05, 3.63) is 35.4 Å². The van der Waals surface area contributed by atoms with Gasteiger partial charge in [-0.1, -0.05) is 32.9 Å². The van der Waals surface area contributed by atoms with Gasteiger partial charge in [0.1, 0.15) is 6.04 Å². The van der Waals surface area contributed by atoms with Crippen LogP contribution < -0.4 is 5.32 Å². The summed E-state index contributed by atoms with van der Waals surface area (Å²) < 4.78 is 15.8. The fourth-order valence-electron chi connectivity index (χ4n) is 2.21. The maximum atomic E-state index is 12.1. The van der Waals surface area contributed by atoms with Crippen LogP contribution >= 0.6 is 0 Å². The molecule has 152 valence electrons. The van der Waals surface area contributed by atoms with Gasteiger partial charge in [0.25, 0.3) is 0 Å². The summed E-state index contributed by atoms with van der Waals surface area (Å²) in [6, 6.07) is 6.63. The first-order valence-electron chi connectivity index (χ1n) is 9.14. The van der Waals surface area contributed by atoms with Crippen molar-refractivity contribution in [1.29, 1.82) is 0 Å². The molecule has 7 heteroatoms. The molecule has 0 aliphatic rings. The van der Waals surface area contributed by atoms with Crippen molar-refractivity contribution in [3.8, 4) is 0 Å². The first kappa shape index (κ1) is 23.3. The van der Waals surface area contributed by atoms with E-state index in [1.54, 1.807) is 12.1 Å². The Morgan fingerprint density at radius 1 is 1.07 bits per heavy atom. The standard InChI is InChI=1S/C20H33NO5Si/c1-20(2,3)27(6,7)26-13-12-17(19(23)25-5)21-14-15-8-10-16(11-9-15)18(22)24-4/h8-11,17,21H,12-14H2,1-7H3/t17-/m1/s1. The van der Waals surface area contributed by atoms with Crippen LogP contribution in [0, 0.1) is 0 Å². The van der Waals surface area contributed by atoms with E-state index in [9.17, 15) is 9.59 Å². The van der Waals surface area contributed by atoms with Crippen molar-refractivity contribution in [3.63, 3.8) is 0 Å². The van der Waals surface area contributed by atoms with Crippen LogP contribution in [0.1, 0.15) is 43.1 Å². The molecule has 0 fully saturated rings. The minimum Gasteiger partial charge on any atom is -0.468 e. The van der Waals surface area contributed by atoms with E-state index in [-0.39, 0.29) is 17.0 Å². The molecule has 1 N–H and O–H groups in total. The van der Waals surface area contributed by atoms with Gasteiger partial charge in [-0.05, 0) is 42.2 Å². The van der Waals surface area contributed by atoms with E-state index in [4.69, 9.17) is 9.16 Å². The highest BCUT2D eigenvalue weighted by atomic mass is 28.4.